The van der Waals surface area contributed by atoms with Gasteiger partial charge in [-0.2, -0.15) is 5.26 Å². The number of ether oxygens (including phenoxy) is 2. The van der Waals surface area contributed by atoms with Crippen molar-refractivity contribution >= 4 is 28.7 Å². The molecule has 216 valence electrons. The minimum atomic E-state index is -0.958. The molecule has 6 rings (SSSR count). The Bertz CT molecular complexity index is 1990. The molecule has 2 heterocycles. The van der Waals surface area contributed by atoms with Gasteiger partial charge in [0.1, 0.15) is 17.0 Å². The number of nitrogens with zero attached hydrogens (tertiary/aromatic N) is 3. The molecule has 9 nitrogen and oxygen atoms in total. The number of hydrogen-bond acceptors (Lipinski definition) is 9. The molecule has 0 bridgehead atoms. The van der Waals surface area contributed by atoms with Gasteiger partial charge in [0.25, 0.3) is 0 Å². The summed E-state index contributed by atoms with van der Waals surface area (Å²) >= 11 is 0. The molecule has 44 heavy (non-hydrogen) atoms. The minimum Gasteiger partial charge on any atom is -0.466 e. The zero-order valence-electron chi connectivity index (χ0n) is 23.9. The molecule has 0 saturated heterocycles. The van der Waals surface area contributed by atoms with Crippen molar-refractivity contribution in [1.82, 2.24) is 4.98 Å². The third kappa shape index (κ3) is 4.84. The second-order valence-corrected chi connectivity index (χ2v) is 9.95. The molecule has 9 heteroatoms. The molecule has 1 aliphatic rings. The van der Waals surface area contributed by atoms with E-state index in [1.807, 2.05) is 54.6 Å². The van der Waals surface area contributed by atoms with Gasteiger partial charge in [-0.15, -0.1) is 0 Å². The average molecular weight is 583 g/mol. The summed E-state index contributed by atoms with van der Waals surface area (Å²) in [6.07, 6.45) is 0. The van der Waals surface area contributed by atoms with E-state index < -0.39 is 17.9 Å². The Morgan fingerprint density at radius 2 is 1.45 bits per heavy atom. The van der Waals surface area contributed by atoms with E-state index in [9.17, 15) is 14.9 Å². The first-order valence-corrected chi connectivity index (χ1v) is 13.7. The SMILES string of the molecule is COC(=O)C1=C(C(=O)OC)N(c2ccc3oc(-c4ccc(-c5ccccc5)cc4)nc3c2)C(N)=C(C#N)C1c1ccccc1. The lowest BCUT2D eigenvalue weighted by Crippen LogP contribution is -2.40. The number of esters is 2. The van der Waals surface area contributed by atoms with E-state index in [0.717, 1.165) is 16.7 Å². The number of carbonyl (C=O) groups excluding carboxylic acids is 2. The van der Waals surface area contributed by atoms with Crippen LogP contribution in [0.4, 0.5) is 5.69 Å². The van der Waals surface area contributed by atoms with Gasteiger partial charge in [0.15, 0.2) is 5.58 Å². The Kier molecular flexibility index (Phi) is 7.40. The number of allylic oxidation sites excluding steroid dienone is 1. The largest absolute Gasteiger partial charge is 0.466 e. The molecule has 5 aromatic rings. The van der Waals surface area contributed by atoms with E-state index in [4.69, 9.17) is 19.6 Å². The summed E-state index contributed by atoms with van der Waals surface area (Å²) in [4.78, 5) is 32.7. The third-order valence-corrected chi connectivity index (χ3v) is 7.48. The second kappa shape index (κ2) is 11.6. The number of nitriles is 1. The van der Waals surface area contributed by atoms with E-state index in [1.165, 1.54) is 19.1 Å². The zero-order chi connectivity index (χ0) is 30.8. The van der Waals surface area contributed by atoms with Gasteiger partial charge in [0.2, 0.25) is 5.89 Å². The quantitative estimate of drug-likeness (QED) is 0.237. The first kappa shape index (κ1) is 28.0. The van der Waals surface area contributed by atoms with Crippen molar-refractivity contribution in [1.29, 1.82) is 5.26 Å². The molecule has 0 aliphatic carbocycles. The lowest BCUT2D eigenvalue weighted by molar-refractivity contribution is -0.139. The Morgan fingerprint density at radius 3 is 2.09 bits per heavy atom. The van der Waals surface area contributed by atoms with Crippen LogP contribution in [0.3, 0.4) is 0 Å². The fourth-order valence-corrected chi connectivity index (χ4v) is 5.40. The summed E-state index contributed by atoms with van der Waals surface area (Å²) in [5, 5.41) is 10.3. The highest BCUT2D eigenvalue weighted by Crippen LogP contribution is 2.43. The lowest BCUT2D eigenvalue weighted by atomic mass is 9.81. The molecule has 0 radical (unpaired) electrons. The van der Waals surface area contributed by atoms with Gasteiger partial charge in [0, 0.05) is 5.56 Å². The van der Waals surface area contributed by atoms with Crippen LogP contribution in [0.5, 0.6) is 0 Å². The zero-order valence-corrected chi connectivity index (χ0v) is 23.9. The van der Waals surface area contributed by atoms with Crippen LogP contribution in [0.1, 0.15) is 11.5 Å². The van der Waals surface area contributed by atoms with Crippen molar-refractivity contribution in [3.05, 3.63) is 131 Å². The first-order valence-electron chi connectivity index (χ1n) is 13.7. The first-order chi connectivity index (χ1) is 21.4. The summed E-state index contributed by atoms with van der Waals surface area (Å²) < 4.78 is 16.3. The maximum Gasteiger partial charge on any atom is 0.355 e. The highest BCUT2D eigenvalue weighted by atomic mass is 16.5. The Hall–Kier alpha value is -6.14. The summed E-state index contributed by atoms with van der Waals surface area (Å²) in [5.41, 5.74) is 11.3. The van der Waals surface area contributed by atoms with Crippen molar-refractivity contribution in [2.24, 2.45) is 5.73 Å². The molecular formula is C35H26N4O5. The second-order valence-electron chi connectivity index (χ2n) is 9.95. The van der Waals surface area contributed by atoms with Gasteiger partial charge in [-0.1, -0.05) is 72.8 Å². The molecule has 2 N–H and O–H groups in total. The molecule has 0 amide bonds. The summed E-state index contributed by atoms with van der Waals surface area (Å²) in [6.45, 7) is 0. The van der Waals surface area contributed by atoms with Crippen LogP contribution < -0.4 is 10.6 Å². The number of benzene rings is 4. The molecule has 1 aromatic heterocycles. The van der Waals surface area contributed by atoms with Gasteiger partial charge in [-0.3, -0.25) is 4.90 Å². The molecule has 1 atom stereocenters. The number of fused-ring (bicyclic) bond motifs is 1. The number of rotatable bonds is 6. The number of oxazole rings is 1. The van der Waals surface area contributed by atoms with Crippen LogP contribution in [-0.2, 0) is 19.1 Å². The lowest BCUT2D eigenvalue weighted by Gasteiger charge is -2.35. The van der Waals surface area contributed by atoms with E-state index in [2.05, 4.69) is 11.1 Å². The number of methoxy groups -OCH3 is 2. The highest BCUT2D eigenvalue weighted by molar-refractivity contribution is 6.06. The maximum atomic E-state index is 13.4. The van der Waals surface area contributed by atoms with Gasteiger partial charge < -0.3 is 19.6 Å². The summed E-state index contributed by atoms with van der Waals surface area (Å²) in [7, 11) is 2.41. The van der Waals surface area contributed by atoms with Gasteiger partial charge >= 0.3 is 11.9 Å². The highest BCUT2D eigenvalue weighted by Gasteiger charge is 2.43. The molecule has 1 unspecified atom stereocenters. The van der Waals surface area contributed by atoms with Crippen LogP contribution in [0.25, 0.3) is 33.7 Å². The topological polar surface area (TPSA) is 132 Å². The number of hydrogen-bond donors (Lipinski definition) is 1. The minimum absolute atomic E-state index is 0.0334. The van der Waals surface area contributed by atoms with Crippen LogP contribution >= 0.6 is 0 Å². The maximum absolute atomic E-state index is 13.4. The number of nitrogens with two attached hydrogens (primary N) is 1. The number of aromatic nitrogens is 1. The van der Waals surface area contributed by atoms with Crippen LogP contribution in [-0.4, -0.2) is 31.1 Å². The fraction of sp³-hybridized carbons (Fsp3) is 0.0857. The number of anilines is 1. The smallest absolute Gasteiger partial charge is 0.355 e. The standard InChI is InChI=1S/C35H26N4O5/c1-42-34(40)30-29(23-11-7-4-8-12-23)26(20-36)32(37)39(31(30)35(41)43-2)25-17-18-28-27(19-25)38-33(44-28)24-15-13-22(14-16-24)21-9-5-3-6-10-21/h3-19,29H,37H2,1-2H3. The van der Waals surface area contributed by atoms with Crippen molar-refractivity contribution in [3.8, 4) is 28.7 Å². The van der Waals surface area contributed by atoms with Gasteiger partial charge in [0.05, 0.1) is 43.0 Å². The predicted molar refractivity (Wildman–Crippen MR) is 164 cm³/mol. The summed E-state index contributed by atoms with van der Waals surface area (Å²) in [5.74, 6) is -2.21. The third-order valence-electron chi connectivity index (χ3n) is 7.48. The van der Waals surface area contributed by atoms with Crippen molar-refractivity contribution < 1.29 is 23.5 Å². The fourth-order valence-electron chi connectivity index (χ4n) is 5.40. The van der Waals surface area contributed by atoms with E-state index >= 15 is 0 Å². The van der Waals surface area contributed by atoms with Gasteiger partial charge in [-0.05, 0) is 47.0 Å². The molecule has 0 saturated carbocycles. The van der Waals surface area contributed by atoms with Crippen molar-refractivity contribution in [3.63, 3.8) is 0 Å². The van der Waals surface area contributed by atoms with Crippen molar-refractivity contribution in [2.45, 2.75) is 5.92 Å². The molecule has 1 aliphatic heterocycles. The summed E-state index contributed by atoms with van der Waals surface area (Å²) in [6, 6.07) is 33.9. The Morgan fingerprint density at radius 1 is 0.841 bits per heavy atom. The van der Waals surface area contributed by atoms with Gasteiger partial charge in [-0.25, -0.2) is 14.6 Å². The van der Waals surface area contributed by atoms with E-state index in [0.29, 0.717) is 28.2 Å². The average Bonchev–Trinajstić information content (AvgIpc) is 3.51. The van der Waals surface area contributed by atoms with Crippen LogP contribution in [0.15, 0.2) is 130 Å². The number of carbonyl (C=O) groups is 2. The Labute approximate surface area is 253 Å². The molecule has 0 fully saturated rings. The van der Waals surface area contributed by atoms with E-state index in [-0.39, 0.29) is 22.7 Å². The normalized spacial score (nSPS) is 14.8. The van der Waals surface area contributed by atoms with Crippen molar-refractivity contribution in [2.75, 3.05) is 19.1 Å². The Balaban J connectivity index is 1.47. The molecule has 0 spiro atoms. The molecule has 4 aromatic carbocycles. The van der Waals surface area contributed by atoms with E-state index in [1.54, 1.807) is 48.5 Å². The molecular weight excluding hydrogens is 556 g/mol. The predicted octanol–water partition coefficient (Wildman–Crippen LogP) is 6.06. The van der Waals surface area contributed by atoms with Crippen LogP contribution in [0, 0.1) is 11.3 Å². The van der Waals surface area contributed by atoms with Crippen LogP contribution in [0.2, 0.25) is 0 Å². The monoisotopic (exact) mass is 582 g/mol.